The minimum Gasteiger partial charge on any atom is -0.228 e. The fourth-order valence-corrected chi connectivity index (χ4v) is 4.52. The van der Waals surface area contributed by atoms with Crippen molar-refractivity contribution in [3.05, 3.63) is 162 Å². The number of rotatable bonds is 7. The summed E-state index contributed by atoms with van der Waals surface area (Å²) in [5, 5.41) is 0.717. The molecule has 0 atom stereocenters. The summed E-state index contributed by atoms with van der Waals surface area (Å²) in [4.78, 5) is 9.97. The monoisotopic (exact) mass is 522 g/mol. The van der Waals surface area contributed by atoms with E-state index in [0.717, 1.165) is 55.4 Å². The summed E-state index contributed by atoms with van der Waals surface area (Å²) in [5.41, 5.74) is 11.9. The van der Waals surface area contributed by atoms with E-state index in [1.54, 1.807) is 0 Å². The summed E-state index contributed by atoms with van der Waals surface area (Å²) < 4.78 is 0. The van der Waals surface area contributed by atoms with Gasteiger partial charge in [-0.2, -0.15) is 0 Å². The van der Waals surface area contributed by atoms with Crippen molar-refractivity contribution in [3.8, 4) is 33.8 Å². The summed E-state index contributed by atoms with van der Waals surface area (Å²) in [6.45, 7) is 5.79. The number of allylic oxidation sites excluding steroid dienone is 5. The van der Waals surface area contributed by atoms with Crippen molar-refractivity contribution in [2.75, 3.05) is 0 Å². The maximum absolute atomic E-state index is 6.21. The molecule has 188 valence electrons. The maximum atomic E-state index is 6.21. The average molecular weight is 523 g/mol. The van der Waals surface area contributed by atoms with Crippen molar-refractivity contribution in [1.82, 2.24) is 9.97 Å². The Balaban J connectivity index is 1.59. The Labute approximate surface area is 235 Å². The van der Waals surface area contributed by atoms with Crippen molar-refractivity contribution in [2.24, 2.45) is 0 Å². The topological polar surface area (TPSA) is 25.8 Å². The predicted molar refractivity (Wildman–Crippen MR) is 165 cm³/mol. The minimum absolute atomic E-state index is 0.674. The SMILES string of the molecule is C=C=C/C=C(\C=C(/C)c1cc(-c2ccccc2)nc(-c2ccc(-c3cccc(Cl)c3)cc2)n1)c1ccccc1. The summed E-state index contributed by atoms with van der Waals surface area (Å²) in [7, 11) is 0. The van der Waals surface area contributed by atoms with Gasteiger partial charge in [0.05, 0.1) is 11.4 Å². The molecule has 1 aromatic heterocycles. The predicted octanol–water partition coefficient (Wildman–Crippen LogP) is 9.96. The molecule has 0 spiro atoms. The van der Waals surface area contributed by atoms with Gasteiger partial charge >= 0.3 is 0 Å². The largest absolute Gasteiger partial charge is 0.228 e. The molecule has 0 saturated carbocycles. The zero-order valence-corrected chi connectivity index (χ0v) is 22.4. The van der Waals surface area contributed by atoms with Gasteiger partial charge in [-0.3, -0.25) is 0 Å². The van der Waals surface area contributed by atoms with Gasteiger partial charge in [0.25, 0.3) is 0 Å². The zero-order valence-electron chi connectivity index (χ0n) is 21.7. The van der Waals surface area contributed by atoms with Crippen LogP contribution in [0.1, 0.15) is 18.2 Å². The van der Waals surface area contributed by atoms with Crippen LogP contribution < -0.4 is 0 Å². The molecule has 5 aromatic rings. The summed E-state index contributed by atoms with van der Waals surface area (Å²) in [6.07, 6.45) is 5.99. The van der Waals surface area contributed by atoms with E-state index in [0.29, 0.717) is 5.82 Å². The highest BCUT2D eigenvalue weighted by molar-refractivity contribution is 6.30. The quantitative estimate of drug-likeness (QED) is 0.157. The number of nitrogens with zero attached hydrogens (tertiary/aromatic N) is 2. The van der Waals surface area contributed by atoms with E-state index >= 15 is 0 Å². The summed E-state index contributed by atoms with van der Waals surface area (Å²) >= 11 is 6.21. The maximum Gasteiger partial charge on any atom is 0.160 e. The molecule has 0 unspecified atom stereocenters. The van der Waals surface area contributed by atoms with Crippen LogP contribution >= 0.6 is 11.6 Å². The highest BCUT2D eigenvalue weighted by atomic mass is 35.5. The Morgan fingerprint density at radius 3 is 2.08 bits per heavy atom. The lowest BCUT2D eigenvalue weighted by atomic mass is 10.0. The first kappa shape index (κ1) is 25.9. The van der Waals surface area contributed by atoms with Crippen LogP contribution in [-0.2, 0) is 0 Å². The molecule has 0 N–H and O–H groups in total. The van der Waals surface area contributed by atoms with Crippen LogP contribution in [-0.4, -0.2) is 9.97 Å². The third-order valence-corrected chi connectivity index (χ3v) is 6.60. The Bertz CT molecular complexity index is 1690. The second kappa shape index (κ2) is 12.2. The lowest BCUT2D eigenvalue weighted by molar-refractivity contribution is 1.15. The third-order valence-electron chi connectivity index (χ3n) is 6.36. The highest BCUT2D eigenvalue weighted by Crippen LogP contribution is 2.29. The van der Waals surface area contributed by atoms with E-state index in [9.17, 15) is 0 Å². The van der Waals surface area contributed by atoms with E-state index < -0.39 is 0 Å². The molecule has 0 radical (unpaired) electrons. The number of hydrogen-bond acceptors (Lipinski definition) is 2. The molecule has 4 aromatic carbocycles. The minimum atomic E-state index is 0.674. The van der Waals surface area contributed by atoms with Crippen molar-refractivity contribution in [2.45, 2.75) is 6.92 Å². The molecule has 2 nitrogen and oxygen atoms in total. The van der Waals surface area contributed by atoms with E-state index in [-0.39, 0.29) is 0 Å². The second-order valence-corrected chi connectivity index (χ2v) is 9.54. The van der Waals surface area contributed by atoms with Crippen LogP contribution in [0.2, 0.25) is 5.02 Å². The molecule has 0 aliphatic heterocycles. The molecule has 1 heterocycles. The lowest BCUT2D eigenvalue weighted by Gasteiger charge is -2.11. The van der Waals surface area contributed by atoms with Gasteiger partial charge in [-0.1, -0.05) is 115 Å². The van der Waals surface area contributed by atoms with Crippen LogP contribution in [0.25, 0.3) is 44.9 Å². The van der Waals surface area contributed by atoms with Crippen molar-refractivity contribution < 1.29 is 0 Å². The first-order valence-corrected chi connectivity index (χ1v) is 13.1. The lowest BCUT2D eigenvalue weighted by Crippen LogP contribution is -1.98. The normalized spacial score (nSPS) is 11.6. The summed E-state index contributed by atoms with van der Waals surface area (Å²) in [5.74, 6) is 0.674. The molecule has 5 rings (SSSR count). The van der Waals surface area contributed by atoms with Crippen molar-refractivity contribution in [1.29, 1.82) is 0 Å². The van der Waals surface area contributed by atoms with Crippen LogP contribution in [0.5, 0.6) is 0 Å². The Kier molecular flexibility index (Phi) is 8.09. The Hall–Kier alpha value is -4.75. The number of benzene rings is 4. The molecule has 3 heteroatoms. The smallest absolute Gasteiger partial charge is 0.160 e. The molecule has 0 aliphatic carbocycles. The third kappa shape index (κ3) is 6.40. The van der Waals surface area contributed by atoms with Crippen molar-refractivity contribution >= 4 is 22.7 Å². The Morgan fingerprint density at radius 1 is 0.718 bits per heavy atom. The van der Waals surface area contributed by atoms with Gasteiger partial charge in [0.2, 0.25) is 0 Å². The van der Waals surface area contributed by atoms with Gasteiger partial charge in [-0.25, -0.2) is 9.97 Å². The van der Waals surface area contributed by atoms with Crippen LogP contribution in [0, 0.1) is 0 Å². The second-order valence-electron chi connectivity index (χ2n) is 9.10. The summed E-state index contributed by atoms with van der Waals surface area (Å²) in [6, 6.07) is 38.7. The van der Waals surface area contributed by atoms with E-state index in [1.807, 2.05) is 66.7 Å². The van der Waals surface area contributed by atoms with Gasteiger partial charge in [-0.15, -0.1) is 5.73 Å². The van der Waals surface area contributed by atoms with Gasteiger partial charge in [0.1, 0.15) is 0 Å². The fraction of sp³-hybridized carbons (Fsp3) is 0.0278. The van der Waals surface area contributed by atoms with Crippen LogP contribution in [0.3, 0.4) is 0 Å². The van der Waals surface area contributed by atoms with Crippen LogP contribution in [0.4, 0.5) is 0 Å². The molecule has 39 heavy (non-hydrogen) atoms. The van der Waals surface area contributed by atoms with E-state index in [1.165, 1.54) is 0 Å². The molecule has 0 saturated heterocycles. The van der Waals surface area contributed by atoms with Gasteiger partial charge in [0, 0.05) is 16.1 Å². The fourth-order valence-electron chi connectivity index (χ4n) is 4.33. The molecular formula is C36H27ClN2. The van der Waals surface area contributed by atoms with E-state index in [2.05, 4.69) is 86.0 Å². The van der Waals surface area contributed by atoms with Gasteiger partial charge < -0.3 is 0 Å². The molecule has 0 aliphatic rings. The van der Waals surface area contributed by atoms with E-state index in [4.69, 9.17) is 21.6 Å². The van der Waals surface area contributed by atoms with Crippen molar-refractivity contribution in [3.63, 3.8) is 0 Å². The molecule has 0 amide bonds. The Morgan fingerprint density at radius 2 is 1.38 bits per heavy atom. The first-order chi connectivity index (χ1) is 19.1. The molecular weight excluding hydrogens is 496 g/mol. The zero-order chi connectivity index (χ0) is 27.0. The molecule has 0 bridgehead atoms. The standard InChI is InChI=1S/C36H27ClN2/c1-3-4-12-31(27-13-7-5-8-14-27)23-26(2)34-25-35(29-15-9-6-10-16-29)39-36(38-34)30-21-19-28(20-22-30)32-17-11-18-33(37)24-32/h4-25H,1H2,2H3/b26-23+,31-12+. The highest BCUT2D eigenvalue weighted by Gasteiger charge is 2.11. The van der Waals surface area contributed by atoms with Crippen LogP contribution in [0.15, 0.2) is 146 Å². The first-order valence-electron chi connectivity index (χ1n) is 12.7. The number of halogens is 1. The number of aromatic nitrogens is 2. The van der Waals surface area contributed by atoms with Gasteiger partial charge in [-0.05, 0) is 71.2 Å². The molecule has 0 fully saturated rings. The number of hydrogen-bond donors (Lipinski definition) is 0. The average Bonchev–Trinajstić information content (AvgIpc) is 3.00. The van der Waals surface area contributed by atoms with Gasteiger partial charge in [0.15, 0.2) is 5.82 Å².